The SMILES string of the molecule is COc1ccc(CC(=O)Nc2c(F)cccc2N2CCCC2)cc1S(=O)(=O)N1CCOCC1. The van der Waals surface area contributed by atoms with Crippen LogP contribution >= 0.6 is 0 Å². The summed E-state index contributed by atoms with van der Waals surface area (Å²) in [5, 5.41) is 2.69. The molecule has 2 saturated heterocycles. The number of halogens is 1. The highest BCUT2D eigenvalue weighted by atomic mass is 32.2. The highest BCUT2D eigenvalue weighted by molar-refractivity contribution is 7.89. The highest BCUT2D eigenvalue weighted by Crippen LogP contribution is 2.32. The Balaban J connectivity index is 1.55. The molecular weight excluding hydrogens is 449 g/mol. The van der Waals surface area contributed by atoms with Crippen LogP contribution in [-0.4, -0.2) is 65.1 Å². The smallest absolute Gasteiger partial charge is 0.246 e. The predicted octanol–water partition coefficient (Wildman–Crippen LogP) is 2.64. The summed E-state index contributed by atoms with van der Waals surface area (Å²) in [6, 6.07) is 9.37. The summed E-state index contributed by atoms with van der Waals surface area (Å²) in [5.41, 5.74) is 1.30. The number of ether oxygens (including phenoxy) is 2. The predicted molar refractivity (Wildman–Crippen MR) is 123 cm³/mol. The first-order valence-corrected chi connectivity index (χ1v) is 12.4. The average Bonchev–Trinajstić information content (AvgIpc) is 3.36. The number of hydrogen-bond donors (Lipinski definition) is 1. The first-order valence-electron chi connectivity index (χ1n) is 11.0. The normalized spacial score (nSPS) is 17.2. The van der Waals surface area contributed by atoms with Crippen molar-refractivity contribution in [3.05, 3.63) is 47.8 Å². The Labute approximate surface area is 193 Å². The van der Waals surface area contributed by atoms with Crippen molar-refractivity contribution in [1.82, 2.24) is 4.31 Å². The van der Waals surface area contributed by atoms with Crippen molar-refractivity contribution in [3.8, 4) is 5.75 Å². The fourth-order valence-corrected chi connectivity index (χ4v) is 5.80. The molecule has 178 valence electrons. The van der Waals surface area contributed by atoms with Gasteiger partial charge < -0.3 is 19.7 Å². The molecule has 0 radical (unpaired) electrons. The Hall–Kier alpha value is -2.69. The van der Waals surface area contributed by atoms with E-state index in [0.717, 1.165) is 25.9 Å². The van der Waals surface area contributed by atoms with Gasteiger partial charge in [0.2, 0.25) is 15.9 Å². The molecule has 1 N–H and O–H groups in total. The van der Waals surface area contributed by atoms with Gasteiger partial charge in [0, 0.05) is 26.2 Å². The second-order valence-electron chi connectivity index (χ2n) is 8.05. The van der Waals surface area contributed by atoms with Crippen LogP contribution in [0.2, 0.25) is 0 Å². The number of hydrogen-bond acceptors (Lipinski definition) is 6. The van der Waals surface area contributed by atoms with E-state index in [-0.39, 0.29) is 35.8 Å². The second-order valence-corrected chi connectivity index (χ2v) is 9.96. The first-order chi connectivity index (χ1) is 15.9. The van der Waals surface area contributed by atoms with Gasteiger partial charge in [-0.15, -0.1) is 0 Å². The summed E-state index contributed by atoms with van der Waals surface area (Å²) in [6.07, 6.45) is 1.94. The maximum Gasteiger partial charge on any atom is 0.246 e. The number of nitrogens with zero attached hydrogens (tertiary/aromatic N) is 2. The Morgan fingerprint density at radius 3 is 2.55 bits per heavy atom. The number of morpholine rings is 1. The average molecular weight is 478 g/mol. The number of amides is 1. The third-order valence-corrected chi connectivity index (χ3v) is 7.80. The third-order valence-electron chi connectivity index (χ3n) is 5.88. The van der Waals surface area contributed by atoms with Crippen molar-refractivity contribution < 1.29 is 27.1 Å². The highest BCUT2D eigenvalue weighted by Gasteiger charge is 2.30. The summed E-state index contributed by atoms with van der Waals surface area (Å²) < 4.78 is 52.8. The number of sulfonamides is 1. The van der Waals surface area contributed by atoms with Crippen LogP contribution < -0.4 is 15.0 Å². The molecule has 0 spiro atoms. The van der Waals surface area contributed by atoms with Crippen LogP contribution in [0.4, 0.5) is 15.8 Å². The molecule has 0 unspecified atom stereocenters. The summed E-state index contributed by atoms with van der Waals surface area (Å²) in [6.45, 7) is 2.78. The molecule has 10 heteroatoms. The van der Waals surface area contributed by atoms with Crippen LogP contribution in [0.3, 0.4) is 0 Å². The zero-order valence-electron chi connectivity index (χ0n) is 18.5. The molecule has 1 amide bonds. The number of nitrogens with one attached hydrogen (secondary N) is 1. The van der Waals surface area contributed by atoms with Crippen molar-refractivity contribution >= 4 is 27.3 Å². The summed E-state index contributed by atoms with van der Waals surface area (Å²) >= 11 is 0. The molecular formula is C23H28FN3O5S. The number of methoxy groups -OCH3 is 1. The minimum atomic E-state index is -3.82. The molecule has 2 aliphatic heterocycles. The van der Waals surface area contributed by atoms with Gasteiger partial charge in [-0.3, -0.25) is 4.79 Å². The lowest BCUT2D eigenvalue weighted by molar-refractivity contribution is -0.115. The Kier molecular flexibility index (Phi) is 7.16. The summed E-state index contributed by atoms with van der Waals surface area (Å²) in [5.74, 6) is -0.727. The second kappa shape index (κ2) is 10.1. The quantitative estimate of drug-likeness (QED) is 0.660. The minimum absolute atomic E-state index is 0.000785. The number of benzene rings is 2. The molecule has 33 heavy (non-hydrogen) atoms. The number of anilines is 2. The number of rotatable bonds is 7. The molecule has 2 aromatic rings. The van der Waals surface area contributed by atoms with Crippen LogP contribution in [0.1, 0.15) is 18.4 Å². The molecule has 2 aromatic carbocycles. The standard InChI is InChI=1S/C23H28FN3O5S/c1-31-20-8-7-17(15-21(20)33(29,30)27-11-13-32-14-12-27)16-22(28)25-23-18(24)5-4-6-19(23)26-9-2-3-10-26/h4-8,15H,2-3,9-14,16H2,1H3,(H,25,28). The van der Waals surface area contributed by atoms with Gasteiger partial charge in [0.05, 0.1) is 32.4 Å². The van der Waals surface area contributed by atoms with E-state index >= 15 is 0 Å². The largest absolute Gasteiger partial charge is 0.495 e. The Morgan fingerprint density at radius 1 is 1.12 bits per heavy atom. The van der Waals surface area contributed by atoms with Crippen LogP contribution in [0, 0.1) is 5.82 Å². The molecule has 4 rings (SSSR count). The molecule has 2 heterocycles. The van der Waals surface area contributed by atoms with E-state index < -0.39 is 21.7 Å². The number of para-hydroxylation sites is 1. The van der Waals surface area contributed by atoms with E-state index in [1.165, 1.54) is 29.6 Å². The topological polar surface area (TPSA) is 88.2 Å². The van der Waals surface area contributed by atoms with Crippen LogP contribution in [-0.2, 0) is 26.0 Å². The van der Waals surface area contributed by atoms with Crippen molar-refractivity contribution in [3.63, 3.8) is 0 Å². The fourth-order valence-electron chi connectivity index (χ4n) is 4.19. The van der Waals surface area contributed by atoms with E-state index in [0.29, 0.717) is 24.5 Å². The monoisotopic (exact) mass is 477 g/mol. The van der Waals surface area contributed by atoms with Gasteiger partial charge in [0.1, 0.15) is 22.1 Å². The molecule has 0 saturated carbocycles. The van der Waals surface area contributed by atoms with E-state index in [1.807, 2.05) is 0 Å². The van der Waals surface area contributed by atoms with E-state index in [1.54, 1.807) is 18.2 Å². The van der Waals surface area contributed by atoms with E-state index in [2.05, 4.69) is 10.2 Å². The summed E-state index contributed by atoms with van der Waals surface area (Å²) in [4.78, 5) is 14.9. The lowest BCUT2D eigenvalue weighted by Crippen LogP contribution is -2.40. The first kappa shape index (κ1) is 23.5. The molecule has 2 aliphatic rings. The fraction of sp³-hybridized carbons (Fsp3) is 0.435. The Morgan fingerprint density at radius 2 is 1.85 bits per heavy atom. The van der Waals surface area contributed by atoms with Gasteiger partial charge in [0.15, 0.2) is 0 Å². The van der Waals surface area contributed by atoms with Crippen LogP contribution in [0.15, 0.2) is 41.3 Å². The lowest BCUT2D eigenvalue weighted by atomic mass is 10.1. The van der Waals surface area contributed by atoms with Gasteiger partial charge in [-0.05, 0) is 42.7 Å². The van der Waals surface area contributed by atoms with Crippen molar-refractivity contribution in [2.75, 3.05) is 56.7 Å². The van der Waals surface area contributed by atoms with Crippen LogP contribution in [0.25, 0.3) is 0 Å². The van der Waals surface area contributed by atoms with Gasteiger partial charge in [0.25, 0.3) is 0 Å². The van der Waals surface area contributed by atoms with Crippen LogP contribution in [0.5, 0.6) is 5.75 Å². The molecule has 0 bridgehead atoms. The summed E-state index contributed by atoms with van der Waals surface area (Å²) in [7, 11) is -2.42. The molecule has 2 fully saturated rings. The van der Waals surface area contributed by atoms with E-state index in [4.69, 9.17) is 9.47 Å². The maximum atomic E-state index is 14.6. The van der Waals surface area contributed by atoms with Gasteiger partial charge in [-0.1, -0.05) is 12.1 Å². The van der Waals surface area contributed by atoms with Crippen molar-refractivity contribution in [2.45, 2.75) is 24.2 Å². The lowest BCUT2D eigenvalue weighted by Gasteiger charge is -2.26. The zero-order valence-corrected chi connectivity index (χ0v) is 19.4. The van der Waals surface area contributed by atoms with Gasteiger partial charge in [-0.2, -0.15) is 4.31 Å². The third kappa shape index (κ3) is 5.13. The Bertz CT molecular complexity index is 1110. The van der Waals surface area contributed by atoms with Gasteiger partial charge in [-0.25, -0.2) is 12.8 Å². The number of carbonyl (C=O) groups excluding carboxylic acids is 1. The van der Waals surface area contributed by atoms with Crippen molar-refractivity contribution in [1.29, 1.82) is 0 Å². The molecule has 0 aromatic heterocycles. The van der Waals surface area contributed by atoms with E-state index in [9.17, 15) is 17.6 Å². The number of carbonyl (C=O) groups is 1. The maximum absolute atomic E-state index is 14.6. The molecule has 8 nitrogen and oxygen atoms in total. The minimum Gasteiger partial charge on any atom is -0.495 e. The van der Waals surface area contributed by atoms with Gasteiger partial charge >= 0.3 is 0 Å². The molecule has 0 atom stereocenters. The zero-order chi connectivity index (χ0) is 23.4. The van der Waals surface area contributed by atoms with Crippen molar-refractivity contribution in [2.24, 2.45) is 0 Å². The molecule has 0 aliphatic carbocycles.